The largest absolute Gasteiger partial charge is 0.502 e. The second-order valence-electron chi connectivity index (χ2n) is 5.80. The normalized spacial score (nSPS) is 10.9. The van der Waals surface area contributed by atoms with Crippen LogP contribution in [0.3, 0.4) is 0 Å². The number of phenolic OH excluding ortho intramolecular Hbond substituents is 1. The molecule has 0 aliphatic heterocycles. The van der Waals surface area contributed by atoms with Crippen LogP contribution in [0.5, 0.6) is 34.5 Å². The Kier molecular flexibility index (Phi) is 7.54. The number of ketones is 1. The Bertz CT molecular complexity index is 879. The number of aromatic hydroxyl groups is 1. The standard InChI is InChI=1S/C22H24O7/c1-25-17-10-14(11-18(26-2)21(17)24)6-8-16(23)9-7-15-12-19(27-3)22(29-5)20(13-15)28-4/h6-13,24H,1-5H3/b8-6+,9-7+. The van der Waals surface area contributed by atoms with E-state index in [2.05, 4.69) is 0 Å². The molecule has 0 unspecified atom stereocenters. The van der Waals surface area contributed by atoms with E-state index in [1.54, 1.807) is 36.4 Å². The third-order valence-corrected chi connectivity index (χ3v) is 4.07. The van der Waals surface area contributed by atoms with Crippen LogP contribution in [0.2, 0.25) is 0 Å². The van der Waals surface area contributed by atoms with Gasteiger partial charge in [-0.1, -0.05) is 12.2 Å². The molecule has 7 heteroatoms. The Balaban J connectivity index is 2.22. The van der Waals surface area contributed by atoms with Crippen LogP contribution in [0.15, 0.2) is 36.4 Å². The molecular weight excluding hydrogens is 376 g/mol. The maximum absolute atomic E-state index is 12.2. The van der Waals surface area contributed by atoms with Crippen LogP contribution in [0.1, 0.15) is 11.1 Å². The summed E-state index contributed by atoms with van der Waals surface area (Å²) in [6, 6.07) is 6.68. The summed E-state index contributed by atoms with van der Waals surface area (Å²) in [5.41, 5.74) is 1.36. The Hall–Kier alpha value is -3.61. The third-order valence-electron chi connectivity index (χ3n) is 4.07. The van der Waals surface area contributed by atoms with E-state index in [0.29, 0.717) is 28.4 Å². The molecule has 0 amide bonds. The van der Waals surface area contributed by atoms with Gasteiger partial charge in [-0.25, -0.2) is 0 Å². The number of hydrogen-bond acceptors (Lipinski definition) is 7. The number of ether oxygens (including phenoxy) is 5. The Morgan fingerprint density at radius 1 is 0.690 bits per heavy atom. The van der Waals surface area contributed by atoms with Gasteiger partial charge in [-0.2, -0.15) is 0 Å². The number of methoxy groups -OCH3 is 5. The number of benzene rings is 2. The van der Waals surface area contributed by atoms with Crippen molar-refractivity contribution >= 4 is 17.9 Å². The van der Waals surface area contributed by atoms with Gasteiger partial charge in [-0.05, 0) is 47.5 Å². The quantitative estimate of drug-likeness (QED) is 0.642. The van der Waals surface area contributed by atoms with Gasteiger partial charge >= 0.3 is 0 Å². The highest BCUT2D eigenvalue weighted by molar-refractivity contribution is 6.04. The summed E-state index contributed by atoms with van der Waals surface area (Å²) in [7, 11) is 7.45. The summed E-state index contributed by atoms with van der Waals surface area (Å²) >= 11 is 0. The van der Waals surface area contributed by atoms with Gasteiger partial charge in [-0.15, -0.1) is 0 Å². The lowest BCUT2D eigenvalue weighted by molar-refractivity contribution is -0.110. The van der Waals surface area contributed by atoms with Gasteiger partial charge in [0.1, 0.15) is 0 Å². The van der Waals surface area contributed by atoms with E-state index in [9.17, 15) is 9.90 Å². The summed E-state index contributed by atoms with van der Waals surface area (Å²) in [4.78, 5) is 12.2. The average molecular weight is 400 g/mol. The molecule has 1 N–H and O–H groups in total. The van der Waals surface area contributed by atoms with Gasteiger partial charge < -0.3 is 28.8 Å². The van der Waals surface area contributed by atoms with Gasteiger partial charge in [0.25, 0.3) is 0 Å². The highest BCUT2D eigenvalue weighted by Gasteiger charge is 2.12. The summed E-state index contributed by atoms with van der Waals surface area (Å²) in [6.07, 6.45) is 6.08. The molecule has 0 bridgehead atoms. The lowest BCUT2D eigenvalue weighted by Gasteiger charge is -2.12. The second kappa shape index (κ2) is 10.1. The van der Waals surface area contributed by atoms with Crippen molar-refractivity contribution in [1.82, 2.24) is 0 Å². The summed E-state index contributed by atoms with van der Waals surface area (Å²) in [6.45, 7) is 0. The maximum atomic E-state index is 12.2. The van der Waals surface area contributed by atoms with Gasteiger partial charge in [0.2, 0.25) is 11.5 Å². The lowest BCUT2D eigenvalue weighted by Crippen LogP contribution is -1.95. The topological polar surface area (TPSA) is 83.5 Å². The van der Waals surface area contributed by atoms with Gasteiger partial charge in [0, 0.05) is 0 Å². The van der Waals surface area contributed by atoms with Crippen LogP contribution < -0.4 is 23.7 Å². The molecule has 0 aromatic heterocycles. The summed E-state index contributed by atoms with van der Waals surface area (Å²) < 4.78 is 26.1. The Morgan fingerprint density at radius 2 is 1.07 bits per heavy atom. The third kappa shape index (κ3) is 5.22. The Labute approximate surface area is 169 Å². The molecule has 2 aromatic rings. The molecule has 0 heterocycles. The molecule has 0 atom stereocenters. The molecule has 0 saturated carbocycles. The monoisotopic (exact) mass is 400 g/mol. The number of allylic oxidation sites excluding steroid dienone is 2. The predicted molar refractivity (Wildman–Crippen MR) is 110 cm³/mol. The van der Waals surface area contributed by atoms with Crippen molar-refractivity contribution in [3.8, 4) is 34.5 Å². The number of phenols is 1. The van der Waals surface area contributed by atoms with Crippen molar-refractivity contribution in [3.05, 3.63) is 47.5 Å². The first-order valence-corrected chi connectivity index (χ1v) is 8.62. The molecule has 0 fully saturated rings. The average Bonchev–Trinajstić information content (AvgIpc) is 2.75. The molecule has 0 saturated heterocycles. The minimum Gasteiger partial charge on any atom is -0.502 e. The maximum Gasteiger partial charge on any atom is 0.203 e. The molecule has 0 spiro atoms. The summed E-state index contributed by atoms with van der Waals surface area (Å²) in [5, 5.41) is 9.94. The molecule has 0 radical (unpaired) electrons. The lowest BCUT2D eigenvalue weighted by atomic mass is 10.1. The van der Waals surface area contributed by atoms with Crippen molar-refractivity contribution < 1.29 is 33.6 Å². The molecule has 2 aromatic carbocycles. The van der Waals surface area contributed by atoms with Crippen molar-refractivity contribution in [1.29, 1.82) is 0 Å². The summed E-state index contributed by atoms with van der Waals surface area (Å²) in [5.74, 6) is 1.66. The van der Waals surface area contributed by atoms with Crippen LogP contribution in [0, 0.1) is 0 Å². The van der Waals surface area contributed by atoms with Gasteiger partial charge in [-0.3, -0.25) is 4.79 Å². The molecule has 2 rings (SSSR count). The van der Waals surface area contributed by atoms with Crippen molar-refractivity contribution in [2.75, 3.05) is 35.5 Å². The second-order valence-corrected chi connectivity index (χ2v) is 5.80. The minimum absolute atomic E-state index is 0.0965. The van der Waals surface area contributed by atoms with E-state index in [-0.39, 0.29) is 23.0 Å². The van der Waals surface area contributed by atoms with Crippen molar-refractivity contribution in [2.24, 2.45) is 0 Å². The molecule has 7 nitrogen and oxygen atoms in total. The fourth-order valence-electron chi connectivity index (χ4n) is 2.62. The minimum atomic E-state index is -0.232. The molecule has 154 valence electrons. The first-order valence-electron chi connectivity index (χ1n) is 8.62. The predicted octanol–water partition coefficient (Wildman–Crippen LogP) is 3.73. The highest BCUT2D eigenvalue weighted by atomic mass is 16.5. The first kappa shape index (κ1) is 21.7. The number of rotatable bonds is 9. The van der Waals surface area contributed by atoms with E-state index in [1.807, 2.05) is 0 Å². The number of hydrogen-bond donors (Lipinski definition) is 1. The molecule has 0 aliphatic rings. The van der Waals surface area contributed by atoms with Gasteiger partial charge in [0.15, 0.2) is 28.8 Å². The zero-order valence-electron chi connectivity index (χ0n) is 17.0. The van der Waals surface area contributed by atoms with Crippen LogP contribution >= 0.6 is 0 Å². The molecule has 0 aliphatic carbocycles. The Morgan fingerprint density at radius 3 is 1.41 bits per heavy atom. The molecular formula is C22H24O7. The SMILES string of the molecule is COc1cc(/C=C/C(=O)/C=C/c2cc(OC)c(OC)c(OC)c2)cc(OC)c1O. The van der Waals surface area contributed by atoms with E-state index in [0.717, 1.165) is 0 Å². The smallest absolute Gasteiger partial charge is 0.203 e. The van der Waals surface area contributed by atoms with E-state index in [1.165, 1.54) is 47.7 Å². The van der Waals surface area contributed by atoms with Gasteiger partial charge in [0.05, 0.1) is 35.5 Å². The van der Waals surface area contributed by atoms with E-state index >= 15 is 0 Å². The zero-order chi connectivity index (χ0) is 21.4. The van der Waals surface area contributed by atoms with Crippen molar-refractivity contribution in [3.63, 3.8) is 0 Å². The highest BCUT2D eigenvalue weighted by Crippen LogP contribution is 2.39. The zero-order valence-corrected chi connectivity index (χ0v) is 17.0. The van der Waals surface area contributed by atoms with Crippen LogP contribution in [-0.2, 0) is 4.79 Å². The van der Waals surface area contributed by atoms with Crippen LogP contribution in [0.4, 0.5) is 0 Å². The number of carbonyl (C=O) groups excluding carboxylic acids is 1. The fraction of sp³-hybridized carbons (Fsp3) is 0.227. The fourth-order valence-corrected chi connectivity index (χ4v) is 2.62. The molecule has 29 heavy (non-hydrogen) atoms. The van der Waals surface area contributed by atoms with E-state index in [4.69, 9.17) is 23.7 Å². The van der Waals surface area contributed by atoms with Crippen molar-refractivity contribution in [2.45, 2.75) is 0 Å². The number of carbonyl (C=O) groups is 1. The van der Waals surface area contributed by atoms with Crippen LogP contribution in [-0.4, -0.2) is 46.4 Å². The van der Waals surface area contributed by atoms with E-state index < -0.39 is 0 Å². The first-order chi connectivity index (χ1) is 14.0. The van der Waals surface area contributed by atoms with Crippen LogP contribution in [0.25, 0.3) is 12.2 Å².